The van der Waals surface area contributed by atoms with Crippen molar-refractivity contribution in [1.82, 2.24) is 4.90 Å². The maximum atomic E-state index is 5.27. The standard InChI is InChI=1S/C14H22N2O/c1-3-7-15-8-10-16(11-9-15)13-5-4-6-14(12-13)17-2/h4-6,12H,3,7-11H2,1-2H3. The molecule has 0 saturated carbocycles. The van der Waals surface area contributed by atoms with Gasteiger partial charge < -0.3 is 9.64 Å². The summed E-state index contributed by atoms with van der Waals surface area (Å²) >= 11 is 0. The lowest BCUT2D eigenvalue weighted by atomic mass is 10.2. The van der Waals surface area contributed by atoms with Crippen molar-refractivity contribution in [2.45, 2.75) is 13.3 Å². The smallest absolute Gasteiger partial charge is 0.120 e. The highest BCUT2D eigenvalue weighted by atomic mass is 16.5. The van der Waals surface area contributed by atoms with Crippen LogP contribution in [0, 0.1) is 0 Å². The molecule has 0 aliphatic carbocycles. The van der Waals surface area contributed by atoms with E-state index in [1.165, 1.54) is 31.7 Å². The molecule has 0 atom stereocenters. The van der Waals surface area contributed by atoms with Crippen LogP contribution in [0.25, 0.3) is 0 Å². The normalized spacial score (nSPS) is 17.2. The zero-order valence-corrected chi connectivity index (χ0v) is 10.9. The van der Waals surface area contributed by atoms with E-state index in [1.54, 1.807) is 7.11 Å². The van der Waals surface area contributed by atoms with Crippen LogP contribution in [0.15, 0.2) is 24.3 Å². The zero-order valence-electron chi connectivity index (χ0n) is 10.9. The number of hydrogen-bond acceptors (Lipinski definition) is 3. The van der Waals surface area contributed by atoms with Crippen LogP contribution in [-0.2, 0) is 0 Å². The van der Waals surface area contributed by atoms with Gasteiger partial charge in [-0.1, -0.05) is 13.0 Å². The molecular formula is C14H22N2O. The number of methoxy groups -OCH3 is 1. The predicted molar refractivity (Wildman–Crippen MR) is 71.9 cm³/mol. The molecule has 1 aliphatic heterocycles. The van der Waals surface area contributed by atoms with Crippen molar-refractivity contribution < 1.29 is 4.74 Å². The highest BCUT2D eigenvalue weighted by Gasteiger charge is 2.16. The van der Waals surface area contributed by atoms with Crippen LogP contribution < -0.4 is 9.64 Å². The maximum absolute atomic E-state index is 5.27. The lowest BCUT2D eigenvalue weighted by Gasteiger charge is -2.36. The molecule has 0 radical (unpaired) electrons. The van der Waals surface area contributed by atoms with Crippen molar-refractivity contribution in [2.75, 3.05) is 44.7 Å². The van der Waals surface area contributed by atoms with Crippen molar-refractivity contribution in [2.24, 2.45) is 0 Å². The van der Waals surface area contributed by atoms with Crippen molar-refractivity contribution >= 4 is 5.69 Å². The third kappa shape index (κ3) is 3.13. The van der Waals surface area contributed by atoms with Crippen molar-refractivity contribution in [3.63, 3.8) is 0 Å². The summed E-state index contributed by atoms with van der Waals surface area (Å²) in [6.45, 7) is 8.05. The Morgan fingerprint density at radius 2 is 1.94 bits per heavy atom. The van der Waals surface area contributed by atoms with Gasteiger partial charge in [-0.25, -0.2) is 0 Å². The van der Waals surface area contributed by atoms with Crippen LogP contribution in [0.2, 0.25) is 0 Å². The number of ether oxygens (including phenoxy) is 1. The molecule has 0 amide bonds. The predicted octanol–water partition coefficient (Wildman–Crippen LogP) is 2.23. The lowest BCUT2D eigenvalue weighted by molar-refractivity contribution is 0.258. The Labute approximate surface area is 104 Å². The first-order chi connectivity index (χ1) is 8.33. The van der Waals surface area contributed by atoms with Gasteiger partial charge in [0.05, 0.1) is 7.11 Å². The number of anilines is 1. The van der Waals surface area contributed by atoms with Gasteiger partial charge in [0.2, 0.25) is 0 Å². The second-order valence-corrected chi connectivity index (χ2v) is 4.53. The number of hydrogen-bond donors (Lipinski definition) is 0. The molecule has 3 heteroatoms. The minimum atomic E-state index is 0.943. The van der Waals surface area contributed by atoms with Gasteiger partial charge >= 0.3 is 0 Å². The molecule has 2 rings (SSSR count). The van der Waals surface area contributed by atoms with E-state index in [0.717, 1.165) is 18.8 Å². The quantitative estimate of drug-likeness (QED) is 0.794. The van der Waals surface area contributed by atoms with E-state index in [4.69, 9.17) is 4.74 Å². The van der Waals surface area contributed by atoms with Gasteiger partial charge in [0, 0.05) is 37.9 Å². The topological polar surface area (TPSA) is 15.7 Å². The first-order valence-electron chi connectivity index (χ1n) is 6.45. The summed E-state index contributed by atoms with van der Waals surface area (Å²) in [7, 11) is 1.72. The molecule has 1 aliphatic rings. The van der Waals surface area contributed by atoms with Crippen molar-refractivity contribution in [3.8, 4) is 5.75 Å². The first kappa shape index (κ1) is 12.2. The monoisotopic (exact) mass is 234 g/mol. The second-order valence-electron chi connectivity index (χ2n) is 4.53. The van der Waals surface area contributed by atoms with Gasteiger partial charge in [-0.3, -0.25) is 4.90 Å². The molecule has 94 valence electrons. The molecule has 1 saturated heterocycles. The average Bonchev–Trinajstić information content (AvgIpc) is 2.40. The number of nitrogens with zero attached hydrogens (tertiary/aromatic N) is 2. The summed E-state index contributed by atoms with van der Waals surface area (Å²) in [6, 6.07) is 8.34. The minimum absolute atomic E-state index is 0.943. The summed E-state index contributed by atoms with van der Waals surface area (Å²) in [6.07, 6.45) is 1.25. The van der Waals surface area contributed by atoms with E-state index in [2.05, 4.69) is 34.9 Å². The Bertz CT molecular complexity index is 346. The Balaban J connectivity index is 1.95. The SMILES string of the molecule is CCCN1CCN(c2cccc(OC)c2)CC1. The second kappa shape index (κ2) is 5.92. The van der Waals surface area contributed by atoms with E-state index in [1.807, 2.05) is 6.07 Å². The van der Waals surface area contributed by atoms with E-state index < -0.39 is 0 Å². The van der Waals surface area contributed by atoms with Crippen LogP contribution in [0.3, 0.4) is 0 Å². The summed E-state index contributed by atoms with van der Waals surface area (Å²) < 4.78 is 5.27. The van der Waals surface area contributed by atoms with Gasteiger partial charge in [-0.05, 0) is 25.1 Å². The van der Waals surface area contributed by atoms with Gasteiger partial charge in [-0.15, -0.1) is 0 Å². The molecular weight excluding hydrogens is 212 g/mol. The van der Waals surface area contributed by atoms with Crippen LogP contribution in [0.4, 0.5) is 5.69 Å². The highest BCUT2D eigenvalue weighted by molar-refractivity contribution is 5.51. The molecule has 0 N–H and O–H groups in total. The number of rotatable bonds is 4. The van der Waals surface area contributed by atoms with E-state index in [0.29, 0.717) is 0 Å². The van der Waals surface area contributed by atoms with E-state index in [9.17, 15) is 0 Å². The Kier molecular flexibility index (Phi) is 4.26. The van der Waals surface area contributed by atoms with Gasteiger partial charge in [0.15, 0.2) is 0 Å². The maximum Gasteiger partial charge on any atom is 0.120 e. The fourth-order valence-corrected chi connectivity index (χ4v) is 2.35. The molecule has 0 bridgehead atoms. The van der Waals surface area contributed by atoms with Gasteiger partial charge in [0.25, 0.3) is 0 Å². The summed E-state index contributed by atoms with van der Waals surface area (Å²) in [5, 5.41) is 0. The van der Waals surface area contributed by atoms with Crippen LogP contribution in [0.5, 0.6) is 5.75 Å². The molecule has 17 heavy (non-hydrogen) atoms. The third-order valence-corrected chi connectivity index (χ3v) is 3.33. The molecule has 1 heterocycles. The lowest BCUT2D eigenvalue weighted by Crippen LogP contribution is -2.46. The number of benzene rings is 1. The van der Waals surface area contributed by atoms with Crippen molar-refractivity contribution in [3.05, 3.63) is 24.3 Å². The Morgan fingerprint density at radius 1 is 1.18 bits per heavy atom. The highest BCUT2D eigenvalue weighted by Crippen LogP contribution is 2.21. The van der Waals surface area contributed by atoms with E-state index in [-0.39, 0.29) is 0 Å². The molecule has 3 nitrogen and oxygen atoms in total. The van der Waals surface area contributed by atoms with Crippen molar-refractivity contribution in [1.29, 1.82) is 0 Å². The molecule has 0 spiro atoms. The van der Waals surface area contributed by atoms with Crippen LogP contribution in [0.1, 0.15) is 13.3 Å². The number of piperazine rings is 1. The van der Waals surface area contributed by atoms with Crippen LogP contribution in [-0.4, -0.2) is 44.7 Å². The fraction of sp³-hybridized carbons (Fsp3) is 0.571. The zero-order chi connectivity index (χ0) is 12.1. The average molecular weight is 234 g/mol. The molecule has 1 aromatic carbocycles. The minimum Gasteiger partial charge on any atom is -0.497 e. The molecule has 0 unspecified atom stereocenters. The van der Waals surface area contributed by atoms with Gasteiger partial charge in [-0.2, -0.15) is 0 Å². The molecule has 1 aromatic rings. The molecule has 0 aromatic heterocycles. The van der Waals surface area contributed by atoms with Gasteiger partial charge in [0.1, 0.15) is 5.75 Å². The fourth-order valence-electron chi connectivity index (χ4n) is 2.35. The Morgan fingerprint density at radius 3 is 2.59 bits per heavy atom. The third-order valence-electron chi connectivity index (χ3n) is 3.33. The summed E-state index contributed by atoms with van der Waals surface area (Å²) in [4.78, 5) is 4.98. The summed E-state index contributed by atoms with van der Waals surface area (Å²) in [5.74, 6) is 0.943. The molecule has 1 fully saturated rings. The first-order valence-corrected chi connectivity index (χ1v) is 6.45. The Hall–Kier alpha value is -1.22. The largest absolute Gasteiger partial charge is 0.497 e. The summed E-state index contributed by atoms with van der Waals surface area (Å²) in [5.41, 5.74) is 1.28. The van der Waals surface area contributed by atoms with Crippen LogP contribution >= 0.6 is 0 Å². The van der Waals surface area contributed by atoms with E-state index >= 15 is 0 Å².